The molecule has 36 heavy (non-hydrogen) atoms. The molecular weight excluding hydrogens is 464 g/mol. The van der Waals surface area contributed by atoms with E-state index in [1.807, 2.05) is 17.9 Å². The summed E-state index contributed by atoms with van der Waals surface area (Å²) in [5.41, 5.74) is 2.50. The van der Waals surface area contributed by atoms with Gasteiger partial charge in [-0.25, -0.2) is 9.78 Å². The third kappa shape index (κ3) is 5.78. The number of rotatable bonds is 8. The number of alkyl carbamates (subject to hydrolysis) is 1. The summed E-state index contributed by atoms with van der Waals surface area (Å²) < 4.78 is 7.21. The highest BCUT2D eigenvalue weighted by atomic mass is 16.6. The summed E-state index contributed by atoms with van der Waals surface area (Å²) in [6.45, 7) is 5.98. The molecule has 3 heterocycles. The molecule has 11 nitrogen and oxygen atoms in total. The van der Waals surface area contributed by atoms with Crippen LogP contribution in [-0.4, -0.2) is 56.1 Å². The van der Waals surface area contributed by atoms with Crippen LogP contribution in [0.1, 0.15) is 43.6 Å². The Morgan fingerprint density at radius 1 is 1.22 bits per heavy atom. The van der Waals surface area contributed by atoms with Gasteiger partial charge in [0.1, 0.15) is 11.3 Å². The molecule has 3 aromatic rings. The lowest BCUT2D eigenvalue weighted by Crippen LogP contribution is -2.41. The maximum Gasteiger partial charge on any atom is 0.407 e. The van der Waals surface area contributed by atoms with Crippen LogP contribution < -0.4 is 5.32 Å². The van der Waals surface area contributed by atoms with Crippen molar-refractivity contribution in [1.82, 2.24) is 24.8 Å². The van der Waals surface area contributed by atoms with E-state index in [2.05, 4.69) is 19.9 Å². The highest BCUT2D eigenvalue weighted by Gasteiger charge is 2.27. The van der Waals surface area contributed by atoms with Gasteiger partial charge in [0.15, 0.2) is 0 Å². The Kier molecular flexibility index (Phi) is 7.77. The van der Waals surface area contributed by atoms with E-state index in [1.165, 1.54) is 12.1 Å². The summed E-state index contributed by atoms with van der Waals surface area (Å²) in [6.07, 6.45) is 4.68. The summed E-state index contributed by atoms with van der Waals surface area (Å²) >= 11 is 0. The molecule has 2 aromatic heterocycles. The van der Waals surface area contributed by atoms with Crippen LogP contribution in [0.15, 0.2) is 42.7 Å². The van der Waals surface area contributed by atoms with E-state index in [1.54, 1.807) is 31.5 Å². The maximum atomic E-state index is 13.2. The van der Waals surface area contributed by atoms with Gasteiger partial charge in [0.25, 0.3) is 5.69 Å². The number of aromatic nitrogens is 3. The molecule has 0 bridgehead atoms. The van der Waals surface area contributed by atoms with Crippen molar-refractivity contribution in [3.63, 3.8) is 0 Å². The van der Waals surface area contributed by atoms with E-state index in [-0.39, 0.29) is 24.6 Å². The van der Waals surface area contributed by atoms with E-state index >= 15 is 0 Å². The third-order valence-electron chi connectivity index (χ3n) is 6.60. The molecule has 1 fully saturated rings. The summed E-state index contributed by atoms with van der Waals surface area (Å²) in [5, 5.41) is 13.7. The largest absolute Gasteiger partial charge is 0.450 e. The smallest absolute Gasteiger partial charge is 0.407 e. The van der Waals surface area contributed by atoms with E-state index in [0.717, 1.165) is 36.2 Å². The number of aryl methyl sites for hydroxylation is 1. The predicted molar refractivity (Wildman–Crippen MR) is 132 cm³/mol. The van der Waals surface area contributed by atoms with Crippen molar-refractivity contribution in [2.45, 2.75) is 45.7 Å². The number of pyridine rings is 1. The molecule has 2 amide bonds. The minimum absolute atomic E-state index is 0.0412. The number of piperidine rings is 1. The van der Waals surface area contributed by atoms with Crippen molar-refractivity contribution in [3.05, 3.63) is 64.2 Å². The molecule has 0 spiro atoms. The highest BCUT2D eigenvalue weighted by molar-refractivity contribution is 5.78. The summed E-state index contributed by atoms with van der Waals surface area (Å²) in [5.74, 6) is 1.29. The van der Waals surface area contributed by atoms with Crippen LogP contribution >= 0.6 is 0 Å². The Hall–Kier alpha value is -4.02. The number of carbonyl (C=O) groups is 2. The zero-order chi connectivity index (χ0) is 25.7. The summed E-state index contributed by atoms with van der Waals surface area (Å²) in [7, 11) is 0. The van der Waals surface area contributed by atoms with E-state index in [9.17, 15) is 19.7 Å². The molecule has 1 saturated heterocycles. The number of hydrogen-bond acceptors (Lipinski definition) is 7. The van der Waals surface area contributed by atoms with Gasteiger partial charge in [-0.3, -0.25) is 19.9 Å². The quantitative estimate of drug-likeness (QED) is 0.372. The first kappa shape index (κ1) is 25.1. The number of nitro groups is 1. The fourth-order valence-electron chi connectivity index (χ4n) is 4.66. The normalized spacial score (nSPS) is 15.0. The minimum Gasteiger partial charge on any atom is -0.450 e. The Bertz CT molecular complexity index is 1230. The van der Waals surface area contributed by atoms with Gasteiger partial charge in [0.2, 0.25) is 5.91 Å². The maximum absolute atomic E-state index is 13.2. The van der Waals surface area contributed by atoms with Crippen LogP contribution in [0.4, 0.5) is 10.5 Å². The number of nitrogens with zero attached hydrogens (tertiary/aromatic N) is 5. The van der Waals surface area contributed by atoms with Crippen molar-refractivity contribution in [2.75, 3.05) is 19.7 Å². The molecule has 1 N–H and O–H groups in total. The van der Waals surface area contributed by atoms with Gasteiger partial charge >= 0.3 is 6.09 Å². The molecule has 1 atom stereocenters. The van der Waals surface area contributed by atoms with Crippen LogP contribution in [0.2, 0.25) is 0 Å². The van der Waals surface area contributed by atoms with Crippen molar-refractivity contribution in [1.29, 1.82) is 0 Å². The first-order valence-electron chi connectivity index (χ1n) is 12.1. The Labute approximate surface area is 208 Å². The average Bonchev–Trinajstić information content (AvgIpc) is 3.19. The third-order valence-corrected chi connectivity index (χ3v) is 6.60. The first-order chi connectivity index (χ1) is 17.4. The van der Waals surface area contributed by atoms with Crippen LogP contribution in [0.5, 0.6) is 0 Å². The van der Waals surface area contributed by atoms with Gasteiger partial charge < -0.3 is 19.5 Å². The number of ether oxygens (including phenoxy) is 1. The average molecular weight is 495 g/mol. The second-order valence-electron chi connectivity index (χ2n) is 8.93. The fraction of sp³-hybridized carbons (Fsp3) is 0.440. The van der Waals surface area contributed by atoms with Crippen molar-refractivity contribution in [3.8, 4) is 0 Å². The Balaban J connectivity index is 1.38. The number of fused-ring (bicyclic) bond motifs is 1. The molecule has 1 unspecified atom stereocenters. The number of likely N-dealkylation sites (tertiary alicyclic amines) is 1. The molecule has 0 aliphatic carbocycles. The second kappa shape index (κ2) is 11.1. The predicted octanol–water partition coefficient (Wildman–Crippen LogP) is 3.76. The number of non-ortho nitro benzene ring substituents is 1. The van der Waals surface area contributed by atoms with Gasteiger partial charge in [0, 0.05) is 38.0 Å². The number of benzene rings is 1. The fourth-order valence-corrected chi connectivity index (χ4v) is 4.66. The van der Waals surface area contributed by atoms with Crippen molar-refractivity contribution in [2.24, 2.45) is 5.92 Å². The number of nitro benzene ring substituents is 1. The van der Waals surface area contributed by atoms with Crippen LogP contribution in [0, 0.1) is 23.0 Å². The van der Waals surface area contributed by atoms with Crippen LogP contribution in [-0.2, 0) is 16.1 Å². The summed E-state index contributed by atoms with van der Waals surface area (Å²) in [4.78, 5) is 46.3. The lowest BCUT2D eigenvalue weighted by Gasteiger charge is -2.33. The number of amides is 2. The molecule has 190 valence electrons. The first-order valence-corrected chi connectivity index (χ1v) is 12.1. The van der Waals surface area contributed by atoms with Crippen molar-refractivity contribution >= 4 is 28.7 Å². The van der Waals surface area contributed by atoms with Gasteiger partial charge in [0.05, 0.1) is 35.7 Å². The minimum atomic E-state index is -0.649. The summed E-state index contributed by atoms with van der Waals surface area (Å²) in [6, 6.07) is 7.17. The Morgan fingerprint density at radius 3 is 2.61 bits per heavy atom. The molecule has 1 aliphatic heterocycles. The van der Waals surface area contributed by atoms with E-state index < -0.39 is 17.1 Å². The SMILES string of the molecule is CCOC(=O)NC(CC(=O)N1CCC(Cn2c(C)nc3cnccc32)CC1)c1ccc([N+](=O)[O-])cc1. The molecule has 0 radical (unpaired) electrons. The second-order valence-corrected chi connectivity index (χ2v) is 8.93. The molecule has 0 saturated carbocycles. The number of hydrogen-bond donors (Lipinski definition) is 1. The zero-order valence-electron chi connectivity index (χ0n) is 20.4. The monoisotopic (exact) mass is 494 g/mol. The van der Waals surface area contributed by atoms with Crippen LogP contribution in [0.3, 0.4) is 0 Å². The Morgan fingerprint density at radius 2 is 1.94 bits per heavy atom. The molecule has 11 heteroatoms. The molecule has 1 aliphatic rings. The molecule has 1 aromatic carbocycles. The van der Waals surface area contributed by atoms with Gasteiger partial charge in [-0.1, -0.05) is 12.1 Å². The van der Waals surface area contributed by atoms with Gasteiger partial charge in [-0.15, -0.1) is 0 Å². The molecule has 4 rings (SSSR count). The highest BCUT2D eigenvalue weighted by Crippen LogP contribution is 2.26. The lowest BCUT2D eigenvalue weighted by atomic mass is 9.95. The number of carbonyl (C=O) groups excluding carboxylic acids is 2. The van der Waals surface area contributed by atoms with Crippen molar-refractivity contribution < 1.29 is 19.2 Å². The topological polar surface area (TPSA) is 132 Å². The number of imidazole rings is 1. The van der Waals surface area contributed by atoms with Gasteiger partial charge in [-0.2, -0.15) is 0 Å². The molecular formula is C25H30N6O5. The number of nitrogens with one attached hydrogen (secondary N) is 1. The standard InChI is InChI=1S/C25H30N6O5/c1-3-36-25(33)28-21(19-4-6-20(7-5-19)31(34)35)14-24(32)29-12-9-18(10-13-29)16-30-17(2)27-22-15-26-11-8-23(22)30/h4-8,11,15,18,21H,3,9-10,12-14,16H2,1-2H3,(H,28,33). The van der Waals surface area contributed by atoms with E-state index in [4.69, 9.17) is 4.74 Å². The van der Waals surface area contributed by atoms with Crippen LogP contribution in [0.25, 0.3) is 11.0 Å². The lowest BCUT2D eigenvalue weighted by molar-refractivity contribution is -0.384. The zero-order valence-corrected chi connectivity index (χ0v) is 20.4. The van der Waals surface area contributed by atoms with E-state index in [0.29, 0.717) is 24.6 Å². The van der Waals surface area contributed by atoms with Gasteiger partial charge in [-0.05, 0) is 44.2 Å².